The van der Waals surface area contributed by atoms with Crippen molar-refractivity contribution in [2.24, 2.45) is 0 Å². The Bertz CT molecular complexity index is 796. The van der Waals surface area contributed by atoms with Crippen LogP contribution in [0.4, 0.5) is 5.69 Å². The molecule has 0 aliphatic carbocycles. The molecule has 3 aromatic rings. The molecule has 0 spiro atoms. The van der Waals surface area contributed by atoms with Crippen molar-refractivity contribution in [1.82, 2.24) is 4.98 Å². The highest BCUT2D eigenvalue weighted by atomic mass is 27.0. The lowest BCUT2D eigenvalue weighted by molar-refractivity contribution is 1.15. The SMILES string of the molecule is O=c1cc(NCc2ccccc2)c2c[c]([Al])ccc2[nH]1. The van der Waals surface area contributed by atoms with E-state index >= 15 is 0 Å². The summed E-state index contributed by atoms with van der Waals surface area (Å²) in [6, 6.07) is 17.7. The summed E-state index contributed by atoms with van der Waals surface area (Å²) >= 11 is 2.68. The van der Waals surface area contributed by atoms with Gasteiger partial charge in [-0.2, -0.15) is 0 Å². The van der Waals surface area contributed by atoms with Gasteiger partial charge < -0.3 is 10.3 Å². The van der Waals surface area contributed by atoms with Crippen LogP contribution < -0.4 is 15.3 Å². The second-order valence-corrected chi connectivity index (χ2v) is 5.36. The average Bonchev–Trinajstić information content (AvgIpc) is 2.46. The maximum atomic E-state index is 11.7. The van der Waals surface area contributed by atoms with E-state index in [2.05, 4.69) is 38.7 Å². The molecule has 3 nitrogen and oxygen atoms in total. The molecule has 0 atom stereocenters. The van der Waals surface area contributed by atoms with Gasteiger partial charge >= 0.3 is 0 Å². The van der Waals surface area contributed by atoms with E-state index in [0.717, 1.165) is 21.0 Å². The lowest BCUT2D eigenvalue weighted by atomic mass is 10.1. The van der Waals surface area contributed by atoms with E-state index < -0.39 is 0 Å². The minimum atomic E-state index is -0.0930. The molecular formula is C16H13AlN2O. The Balaban J connectivity index is 1.98. The summed E-state index contributed by atoms with van der Waals surface area (Å²) in [6.45, 7) is 0.695. The fraction of sp³-hybridized carbons (Fsp3) is 0.0625. The molecule has 0 saturated carbocycles. The van der Waals surface area contributed by atoms with Crippen LogP contribution in [-0.4, -0.2) is 21.3 Å². The van der Waals surface area contributed by atoms with Crippen molar-refractivity contribution in [3.63, 3.8) is 0 Å². The normalized spacial score (nSPS) is 10.6. The van der Waals surface area contributed by atoms with Crippen LogP contribution in [0.25, 0.3) is 10.9 Å². The molecule has 4 heteroatoms. The Labute approximate surface area is 125 Å². The lowest BCUT2D eigenvalue weighted by Gasteiger charge is -2.10. The molecule has 0 unspecified atom stereocenters. The van der Waals surface area contributed by atoms with E-state index in [9.17, 15) is 4.79 Å². The van der Waals surface area contributed by atoms with Gasteiger partial charge in [0, 0.05) is 23.7 Å². The van der Waals surface area contributed by atoms with Crippen molar-refractivity contribution in [1.29, 1.82) is 0 Å². The van der Waals surface area contributed by atoms with Crippen molar-refractivity contribution in [3.8, 4) is 0 Å². The summed E-state index contributed by atoms with van der Waals surface area (Å²) in [5, 5.41) is 4.36. The van der Waals surface area contributed by atoms with E-state index in [1.165, 1.54) is 5.56 Å². The predicted octanol–water partition coefficient (Wildman–Crippen LogP) is 1.93. The number of hydrogen-bond donors (Lipinski definition) is 2. The van der Waals surface area contributed by atoms with Crippen LogP contribution in [0.2, 0.25) is 0 Å². The number of anilines is 1. The summed E-state index contributed by atoms with van der Waals surface area (Å²) in [5.41, 5.74) is 2.80. The number of benzene rings is 2. The molecule has 2 radical (unpaired) electrons. The summed E-state index contributed by atoms with van der Waals surface area (Å²) in [5.74, 6) is 0. The number of H-pyrrole nitrogens is 1. The summed E-state index contributed by atoms with van der Waals surface area (Å²) in [7, 11) is 0. The average molecular weight is 276 g/mol. The van der Waals surface area contributed by atoms with Gasteiger partial charge in [-0.15, -0.1) is 4.43 Å². The Morgan fingerprint density at radius 2 is 1.85 bits per heavy atom. The fourth-order valence-electron chi connectivity index (χ4n) is 2.21. The number of fused-ring (bicyclic) bond motifs is 1. The van der Waals surface area contributed by atoms with Crippen LogP contribution in [0.3, 0.4) is 0 Å². The highest BCUT2D eigenvalue weighted by molar-refractivity contribution is 6.33. The molecule has 3 rings (SSSR count). The maximum absolute atomic E-state index is 11.7. The third-order valence-corrected chi connectivity index (χ3v) is 3.55. The van der Waals surface area contributed by atoms with Crippen molar-refractivity contribution >= 4 is 37.3 Å². The molecule has 20 heavy (non-hydrogen) atoms. The Hall–Kier alpha value is -2.02. The van der Waals surface area contributed by atoms with Crippen molar-refractivity contribution in [2.45, 2.75) is 6.54 Å². The summed E-state index contributed by atoms with van der Waals surface area (Å²) in [4.78, 5) is 14.6. The second-order valence-electron chi connectivity index (χ2n) is 4.69. The first-order chi connectivity index (χ1) is 9.72. The predicted molar refractivity (Wildman–Crippen MR) is 83.7 cm³/mol. The third-order valence-electron chi connectivity index (χ3n) is 3.19. The Kier molecular flexibility index (Phi) is 3.60. The van der Waals surface area contributed by atoms with Crippen LogP contribution >= 0.6 is 0 Å². The molecule has 1 heterocycles. The van der Waals surface area contributed by atoms with Crippen LogP contribution in [0.1, 0.15) is 5.56 Å². The fourth-order valence-corrected chi connectivity index (χ4v) is 2.47. The standard InChI is InChI=1S/C16H13N2O.Al/c19-16-10-15(13-8-4-5-9-14(13)18-16)17-11-12-6-2-1-3-7-12;/h1-3,5-10H,11H2,(H2,17,18,19);. The van der Waals surface area contributed by atoms with Crippen molar-refractivity contribution < 1.29 is 0 Å². The van der Waals surface area contributed by atoms with Gasteiger partial charge in [-0.3, -0.25) is 4.79 Å². The van der Waals surface area contributed by atoms with Gasteiger partial charge in [-0.25, -0.2) is 0 Å². The first kappa shape index (κ1) is 13.0. The molecule has 0 bridgehead atoms. The quantitative estimate of drug-likeness (QED) is 0.718. The van der Waals surface area contributed by atoms with Crippen LogP contribution in [0.15, 0.2) is 59.4 Å². The molecule has 0 aliphatic heterocycles. The zero-order chi connectivity index (χ0) is 13.9. The minimum Gasteiger partial charge on any atom is -0.380 e. The van der Waals surface area contributed by atoms with Gasteiger partial charge in [-0.05, 0) is 11.6 Å². The smallest absolute Gasteiger partial charge is 0.250 e. The van der Waals surface area contributed by atoms with Crippen molar-refractivity contribution in [3.05, 3.63) is 70.5 Å². The first-order valence-electron chi connectivity index (χ1n) is 6.43. The second kappa shape index (κ2) is 5.54. The topological polar surface area (TPSA) is 44.9 Å². The number of rotatable bonds is 3. The van der Waals surface area contributed by atoms with Gasteiger partial charge in [0.25, 0.3) is 0 Å². The molecular weight excluding hydrogens is 263 g/mol. The Morgan fingerprint density at radius 1 is 1.05 bits per heavy atom. The van der Waals surface area contributed by atoms with Gasteiger partial charge in [0.15, 0.2) is 16.3 Å². The first-order valence-corrected chi connectivity index (χ1v) is 7.00. The number of aromatic nitrogens is 1. The van der Waals surface area contributed by atoms with Crippen LogP contribution in [0.5, 0.6) is 0 Å². The highest BCUT2D eigenvalue weighted by Gasteiger charge is 2.03. The zero-order valence-corrected chi connectivity index (χ0v) is 12.0. The lowest BCUT2D eigenvalue weighted by Crippen LogP contribution is -2.10. The van der Waals surface area contributed by atoms with Crippen LogP contribution in [-0.2, 0) is 6.54 Å². The highest BCUT2D eigenvalue weighted by Crippen LogP contribution is 2.19. The molecule has 0 aliphatic rings. The minimum absolute atomic E-state index is 0.0930. The number of aromatic amines is 1. The number of nitrogens with one attached hydrogen (secondary N) is 2. The molecule has 0 amide bonds. The van der Waals surface area contributed by atoms with Gasteiger partial charge in [0.1, 0.15) is 0 Å². The number of hydrogen-bond acceptors (Lipinski definition) is 2. The Morgan fingerprint density at radius 3 is 2.65 bits per heavy atom. The maximum Gasteiger partial charge on any atom is 0.250 e. The van der Waals surface area contributed by atoms with E-state index in [0.29, 0.717) is 6.54 Å². The molecule has 0 fully saturated rings. The van der Waals surface area contributed by atoms with Crippen LogP contribution in [0, 0.1) is 0 Å². The molecule has 2 aromatic carbocycles. The zero-order valence-electron chi connectivity index (χ0n) is 10.9. The third kappa shape index (κ3) is 2.77. The van der Waals surface area contributed by atoms with E-state index in [-0.39, 0.29) is 5.56 Å². The largest absolute Gasteiger partial charge is 0.380 e. The summed E-state index contributed by atoms with van der Waals surface area (Å²) < 4.78 is 1.09. The van der Waals surface area contributed by atoms with Crippen molar-refractivity contribution in [2.75, 3.05) is 5.32 Å². The molecule has 1 aromatic heterocycles. The van der Waals surface area contributed by atoms with E-state index in [1.807, 2.05) is 36.4 Å². The monoisotopic (exact) mass is 276 g/mol. The molecule has 2 N–H and O–H groups in total. The van der Waals surface area contributed by atoms with E-state index in [4.69, 9.17) is 0 Å². The van der Waals surface area contributed by atoms with Gasteiger partial charge in [-0.1, -0.05) is 42.5 Å². The van der Waals surface area contributed by atoms with Gasteiger partial charge in [0.2, 0.25) is 5.56 Å². The number of pyridine rings is 1. The summed E-state index contributed by atoms with van der Waals surface area (Å²) in [6.07, 6.45) is 0. The molecule has 96 valence electrons. The van der Waals surface area contributed by atoms with E-state index in [1.54, 1.807) is 6.07 Å². The molecule has 0 saturated heterocycles. The van der Waals surface area contributed by atoms with Gasteiger partial charge in [0.05, 0.1) is 5.52 Å².